The van der Waals surface area contributed by atoms with Crippen molar-refractivity contribution in [2.45, 2.75) is 24.3 Å². The van der Waals surface area contributed by atoms with E-state index in [1.165, 1.54) is 14.1 Å². The van der Waals surface area contributed by atoms with E-state index in [4.69, 9.17) is 4.42 Å². The van der Waals surface area contributed by atoms with Gasteiger partial charge in [0.2, 0.25) is 15.9 Å². The van der Waals surface area contributed by atoms with Gasteiger partial charge in [-0.1, -0.05) is 78.9 Å². The van der Waals surface area contributed by atoms with Gasteiger partial charge in [-0.2, -0.15) is 0 Å². The molecule has 3 aromatic carbocycles. The molecule has 8 heteroatoms. The molecule has 1 heterocycles. The molecule has 0 saturated carbocycles. The number of oxazole rings is 1. The molecule has 0 unspecified atom stereocenters. The number of nitrogens with one attached hydrogen (secondary N) is 1. The highest BCUT2D eigenvalue weighted by atomic mass is 32.2. The summed E-state index contributed by atoms with van der Waals surface area (Å²) in [4.78, 5) is 17.4. The van der Waals surface area contributed by atoms with Crippen molar-refractivity contribution in [1.29, 1.82) is 0 Å². The van der Waals surface area contributed by atoms with Crippen molar-refractivity contribution >= 4 is 15.9 Å². The van der Waals surface area contributed by atoms with E-state index in [1.54, 1.807) is 24.3 Å². The third-order valence-corrected chi connectivity index (χ3v) is 7.44. The maximum Gasteiger partial charge on any atom is 0.242 e. The molecular weight excluding hydrogens is 462 g/mol. The molecule has 0 atom stereocenters. The highest BCUT2D eigenvalue weighted by Gasteiger charge is 2.21. The molecule has 1 N–H and O–H groups in total. The summed E-state index contributed by atoms with van der Waals surface area (Å²) in [5.74, 6) is 0.909. The molecule has 0 spiro atoms. The second kappa shape index (κ2) is 10.7. The maximum atomic E-state index is 12.6. The first-order chi connectivity index (χ1) is 16.9. The molecular formula is C27H27N3O4S. The van der Waals surface area contributed by atoms with Crippen LogP contribution in [-0.4, -0.2) is 37.7 Å². The Kier molecular flexibility index (Phi) is 7.43. The lowest BCUT2D eigenvalue weighted by atomic mass is 10.1. The lowest BCUT2D eigenvalue weighted by Gasteiger charge is -2.15. The first kappa shape index (κ1) is 24.4. The first-order valence-corrected chi connectivity index (χ1v) is 12.7. The van der Waals surface area contributed by atoms with Crippen LogP contribution in [0.3, 0.4) is 0 Å². The normalized spacial score (nSPS) is 11.5. The largest absolute Gasteiger partial charge is 0.440 e. The summed E-state index contributed by atoms with van der Waals surface area (Å²) in [6.07, 6.45) is 0.474. The van der Waals surface area contributed by atoms with Crippen molar-refractivity contribution in [3.05, 3.63) is 96.4 Å². The summed E-state index contributed by atoms with van der Waals surface area (Å²) < 4.78 is 32.4. The Morgan fingerprint density at radius 3 is 2.14 bits per heavy atom. The van der Waals surface area contributed by atoms with Crippen LogP contribution >= 0.6 is 0 Å². The molecule has 0 aliphatic carbocycles. The summed E-state index contributed by atoms with van der Waals surface area (Å²) in [6.45, 7) is 0.109. The van der Waals surface area contributed by atoms with Crippen molar-refractivity contribution in [2.24, 2.45) is 0 Å². The lowest BCUT2D eigenvalue weighted by Crippen LogP contribution is -2.27. The van der Waals surface area contributed by atoms with Gasteiger partial charge in [-0.15, -0.1) is 0 Å². The van der Waals surface area contributed by atoms with Crippen molar-refractivity contribution in [3.8, 4) is 22.6 Å². The number of aromatic nitrogens is 1. The van der Waals surface area contributed by atoms with E-state index in [2.05, 4.69) is 10.3 Å². The SMILES string of the molecule is CN(C)S(=O)(=O)c1ccccc1CNC(=O)CCc1nc(-c2ccccc2)c(-c2ccccc2)o1. The van der Waals surface area contributed by atoms with Crippen LogP contribution in [0.1, 0.15) is 17.9 Å². The van der Waals surface area contributed by atoms with Crippen LogP contribution in [0.15, 0.2) is 94.2 Å². The van der Waals surface area contributed by atoms with E-state index in [0.29, 0.717) is 23.6 Å². The average Bonchev–Trinajstić information content (AvgIpc) is 3.32. The number of aryl methyl sites for hydroxylation is 1. The third kappa shape index (κ3) is 5.67. The minimum Gasteiger partial charge on any atom is -0.440 e. The summed E-state index contributed by atoms with van der Waals surface area (Å²) in [6, 6.07) is 26.2. The quantitative estimate of drug-likeness (QED) is 0.374. The van der Waals surface area contributed by atoms with Gasteiger partial charge in [0.25, 0.3) is 0 Å². The number of carbonyl (C=O) groups is 1. The number of hydrogen-bond donors (Lipinski definition) is 1. The minimum absolute atomic E-state index is 0.109. The third-order valence-electron chi connectivity index (χ3n) is 5.53. The van der Waals surface area contributed by atoms with Gasteiger partial charge >= 0.3 is 0 Å². The Bertz CT molecular complexity index is 1340. The van der Waals surface area contributed by atoms with Crippen molar-refractivity contribution in [2.75, 3.05) is 14.1 Å². The van der Waals surface area contributed by atoms with Gasteiger partial charge in [-0.25, -0.2) is 17.7 Å². The van der Waals surface area contributed by atoms with E-state index in [-0.39, 0.29) is 23.8 Å². The van der Waals surface area contributed by atoms with E-state index >= 15 is 0 Å². The number of hydrogen-bond acceptors (Lipinski definition) is 5. The molecule has 180 valence electrons. The lowest BCUT2D eigenvalue weighted by molar-refractivity contribution is -0.121. The molecule has 0 aliphatic heterocycles. The first-order valence-electron chi connectivity index (χ1n) is 11.2. The second-order valence-corrected chi connectivity index (χ2v) is 10.3. The standard InChI is InChI=1S/C27H27N3O4S/c1-30(2)35(32,33)23-16-10-9-15-22(23)19-28-24(31)17-18-25-29-26(20-11-5-3-6-12-20)27(34-25)21-13-7-4-8-14-21/h3-16H,17-19H2,1-2H3,(H,28,31). The molecule has 0 aliphatic rings. The zero-order chi connectivity index (χ0) is 24.8. The van der Waals surface area contributed by atoms with Crippen LogP contribution < -0.4 is 5.32 Å². The van der Waals surface area contributed by atoms with Crippen LogP contribution in [0.25, 0.3) is 22.6 Å². The molecule has 35 heavy (non-hydrogen) atoms. The molecule has 1 amide bonds. The van der Waals surface area contributed by atoms with Crippen LogP contribution in [-0.2, 0) is 27.8 Å². The average molecular weight is 490 g/mol. The highest BCUT2D eigenvalue weighted by Crippen LogP contribution is 2.32. The van der Waals surface area contributed by atoms with E-state index in [1.807, 2.05) is 60.7 Å². The highest BCUT2D eigenvalue weighted by molar-refractivity contribution is 7.89. The zero-order valence-electron chi connectivity index (χ0n) is 19.6. The zero-order valence-corrected chi connectivity index (χ0v) is 20.5. The van der Waals surface area contributed by atoms with Gasteiger partial charge < -0.3 is 9.73 Å². The van der Waals surface area contributed by atoms with Gasteiger partial charge in [-0.05, 0) is 11.6 Å². The Balaban J connectivity index is 1.46. The smallest absolute Gasteiger partial charge is 0.242 e. The minimum atomic E-state index is -3.61. The molecule has 4 aromatic rings. The predicted molar refractivity (Wildman–Crippen MR) is 135 cm³/mol. The number of carbonyl (C=O) groups excluding carboxylic acids is 1. The Hall–Kier alpha value is -3.75. The number of benzene rings is 3. The fraction of sp³-hybridized carbons (Fsp3) is 0.185. The van der Waals surface area contributed by atoms with Crippen LogP contribution in [0.5, 0.6) is 0 Å². The molecule has 0 saturated heterocycles. The van der Waals surface area contributed by atoms with Gasteiger partial charge in [0.15, 0.2) is 11.7 Å². The van der Waals surface area contributed by atoms with Gasteiger partial charge in [0.05, 0.1) is 4.90 Å². The molecule has 0 bridgehead atoms. The maximum absolute atomic E-state index is 12.6. The Morgan fingerprint density at radius 2 is 1.49 bits per heavy atom. The van der Waals surface area contributed by atoms with E-state index in [9.17, 15) is 13.2 Å². The number of rotatable bonds is 9. The van der Waals surface area contributed by atoms with Crippen molar-refractivity contribution < 1.29 is 17.6 Å². The van der Waals surface area contributed by atoms with Crippen LogP contribution in [0.2, 0.25) is 0 Å². The fourth-order valence-electron chi connectivity index (χ4n) is 3.65. The molecule has 0 radical (unpaired) electrons. The predicted octanol–water partition coefficient (Wildman–Crippen LogP) is 4.51. The van der Waals surface area contributed by atoms with E-state index in [0.717, 1.165) is 21.1 Å². The number of amides is 1. The second-order valence-electron chi connectivity index (χ2n) is 8.19. The van der Waals surface area contributed by atoms with Crippen molar-refractivity contribution in [1.82, 2.24) is 14.6 Å². The summed E-state index contributed by atoms with van der Waals surface area (Å²) in [7, 11) is -0.647. The van der Waals surface area contributed by atoms with E-state index < -0.39 is 10.0 Å². The Labute approximate surface area is 205 Å². The topological polar surface area (TPSA) is 92.5 Å². The molecule has 4 rings (SSSR count). The number of sulfonamides is 1. The van der Waals surface area contributed by atoms with Gasteiger partial charge in [0.1, 0.15) is 5.69 Å². The summed E-state index contributed by atoms with van der Waals surface area (Å²) in [5.41, 5.74) is 3.11. The van der Waals surface area contributed by atoms with Gasteiger partial charge in [-0.3, -0.25) is 4.79 Å². The summed E-state index contributed by atoms with van der Waals surface area (Å²) >= 11 is 0. The monoisotopic (exact) mass is 489 g/mol. The molecule has 7 nitrogen and oxygen atoms in total. The van der Waals surface area contributed by atoms with Crippen LogP contribution in [0.4, 0.5) is 0 Å². The Morgan fingerprint density at radius 1 is 0.886 bits per heavy atom. The van der Waals surface area contributed by atoms with Crippen LogP contribution in [0, 0.1) is 0 Å². The molecule has 1 aromatic heterocycles. The molecule has 0 fully saturated rings. The number of nitrogens with zero attached hydrogens (tertiary/aromatic N) is 2. The van der Waals surface area contributed by atoms with Gasteiger partial charge in [0, 0.05) is 44.6 Å². The fourth-order valence-corrected chi connectivity index (χ4v) is 4.76. The summed E-state index contributed by atoms with van der Waals surface area (Å²) in [5, 5.41) is 2.81. The van der Waals surface area contributed by atoms with Crippen molar-refractivity contribution in [3.63, 3.8) is 0 Å².